The van der Waals surface area contributed by atoms with Gasteiger partial charge in [0.2, 0.25) is 23.6 Å². The van der Waals surface area contributed by atoms with E-state index >= 15 is 0 Å². The average molecular weight is 767 g/mol. The maximum absolute atomic E-state index is 14.6. The van der Waals surface area contributed by atoms with Crippen molar-refractivity contribution in [3.05, 3.63) is 118 Å². The zero-order valence-corrected chi connectivity index (χ0v) is 30.9. The largest absolute Gasteiger partial charge is 0.508 e. The number of imide groups is 2. The number of allylic oxidation sites excluding steroid dienone is 2. The van der Waals surface area contributed by atoms with Crippen LogP contribution in [0.15, 0.2) is 107 Å². The van der Waals surface area contributed by atoms with E-state index in [0.717, 1.165) is 16.7 Å². The van der Waals surface area contributed by atoms with Crippen LogP contribution in [0.2, 0.25) is 10.0 Å². The van der Waals surface area contributed by atoms with Gasteiger partial charge in [0.1, 0.15) is 11.6 Å². The van der Waals surface area contributed by atoms with Crippen LogP contribution < -0.4 is 14.7 Å². The molecule has 54 heavy (non-hydrogen) atoms. The molecule has 2 aliphatic carbocycles. The Morgan fingerprint density at radius 2 is 1.44 bits per heavy atom. The number of hydrogen-bond donors (Lipinski definition) is 1. The fourth-order valence-electron chi connectivity index (χ4n) is 8.84. The molecule has 1 N–H and O–H groups in total. The first-order chi connectivity index (χ1) is 25.8. The summed E-state index contributed by atoms with van der Waals surface area (Å²) in [6, 6.07) is 22.4. The first kappa shape index (κ1) is 35.6. The van der Waals surface area contributed by atoms with Crippen LogP contribution in [0, 0.1) is 34.9 Å². The number of fused-ring (bicyclic) bond motifs is 4. The van der Waals surface area contributed by atoms with Gasteiger partial charge in [-0.1, -0.05) is 34.9 Å². The summed E-state index contributed by atoms with van der Waals surface area (Å²) in [6.07, 6.45) is 2.20. The molecule has 0 aromatic heterocycles. The third-order valence-electron chi connectivity index (χ3n) is 11.5. The van der Waals surface area contributed by atoms with E-state index in [0.29, 0.717) is 33.2 Å². The number of amides is 4. The quantitative estimate of drug-likeness (QED) is 0.119. The smallest absolute Gasteiger partial charge is 0.241 e. The minimum atomic E-state index is -1.43. The third kappa shape index (κ3) is 5.51. The summed E-state index contributed by atoms with van der Waals surface area (Å²) in [6.45, 7) is 1.68. The molecule has 0 unspecified atom stereocenters. The number of carbonyl (C=O) groups is 4. The summed E-state index contributed by atoms with van der Waals surface area (Å²) in [5, 5.41) is 19.9. The molecule has 13 heteroatoms. The zero-order valence-electron chi connectivity index (χ0n) is 29.4. The van der Waals surface area contributed by atoms with E-state index in [1.54, 1.807) is 37.3 Å². The Hall–Kier alpha value is -5.39. The Morgan fingerprint density at radius 3 is 2.09 bits per heavy atom. The standard InChI is InChI=1S/C41H34Cl2FN5O5/c1-41-31(38(52)49(40(41)54)26-13-16-33(44)32(43)19-26)20-29-27(36(41)30-18-21(42)4-17-34(30)50)14-15-28-35(29)39(53)48(37(28)51)25-11-7-23(8-12-25)46-45-22-5-9-24(10-6-22)47(2)3/h4-14,16-19,28-29,31,35-36,50H,15,20H2,1-3H3/b46-45+/t28-,29+,31-,35-,36+,41+/m0/s1. The number of rotatable bonds is 6. The fraction of sp³-hybridized carbons (Fsp3) is 0.268. The molecule has 2 heterocycles. The summed E-state index contributed by atoms with van der Waals surface area (Å²) in [5.41, 5.74) is 2.30. The van der Waals surface area contributed by atoms with Crippen LogP contribution in [0.25, 0.3) is 0 Å². The molecule has 0 bridgehead atoms. The Labute approximate surface area is 320 Å². The monoisotopic (exact) mass is 765 g/mol. The number of aromatic hydroxyl groups is 1. The maximum Gasteiger partial charge on any atom is 0.241 e. The molecule has 2 saturated heterocycles. The van der Waals surface area contributed by atoms with Crippen LogP contribution in [-0.2, 0) is 19.2 Å². The predicted octanol–water partition coefficient (Wildman–Crippen LogP) is 8.75. The summed E-state index contributed by atoms with van der Waals surface area (Å²) in [4.78, 5) is 61.7. The Kier molecular flexibility index (Phi) is 8.69. The van der Waals surface area contributed by atoms with Crippen molar-refractivity contribution in [1.29, 1.82) is 0 Å². The van der Waals surface area contributed by atoms with Gasteiger partial charge in [0.05, 0.1) is 50.9 Å². The van der Waals surface area contributed by atoms with Gasteiger partial charge in [-0.25, -0.2) is 9.29 Å². The number of nitrogens with zero attached hydrogens (tertiary/aromatic N) is 5. The van der Waals surface area contributed by atoms with Crippen molar-refractivity contribution in [2.24, 2.45) is 39.3 Å². The van der Waals surface area contributed by atoms with E-state index in [-0.39, 0.29) is 35.2 Å². The van der Waals surface area contributed by atoms with Crippen LogP contribution in [0.4, 0.5) is 32.8 Å². The molecule has 4 aliphatic rings. The highest BCUT2D eigenvalue weighted by atomic mass is 35.5. The molecule has 4 aromatic rings. The minimum Gasteiger partial charge on any atom is -0.508 e. The van der Waals surface area contributed by atoms with Gasteiger partial charge in [0.25, 0.3) is 0 Å². The van der Waals surface area contributed by atoms with Crippen molar-refractivity contribution in [3.8, 4) is 5.75 Å². The second-order valence-electron chi connectivity index (χ2n) is 14.6. The van der Waals surface area contributed by atoms with Gasteiger partial charge < -0.3 is 10.0 Å². The lowest BCUT2D eigenvalue weighted by Crippen LogP contribution is -2.48. The van der Waals surface area contributed by atoms with Crippen molar-refractivity contribution < 1.29 is 28.7 Å². The van der Waals surface area contributed by atoms with Gasteiger partial charge in [0, 0.05) is 36.3 Å². The molecule has 4 aromatic carbocycles. The fourth-order valence-corrected chi connectivity index (χ4v) is 9.20. The number of phenolic OH excluding ortho intramolecular Hbond substituents is 1. The molecule has 0 spiro atoms. The number of phenols is 1. The zero-order chi connectivity index (χ0) is 38.2. The number of hydrogen-bond acceptors (Lipinski definition) is 8. The lowest BCUT2D eigenvalue weighted by atomic mass is 9.51. The molecule has 6 atom stereocenters. The highest BCUT2D eigenvalue weighted by Crippen LogP contribution is 2.64. The lowest BCUT2D eigenvalue weighted by molar-refractivity contribution is -0.131. The molecule has 3 fully saturated rings. The van der Waals surface area contributed by atoms with Crippen molar-refractivity contribution in [3.63, 3.8) is 0 Å². The van der Waals surface area contributed by atoms with Gasteiger partial charge in [0.15, 0.2) is 0 Å². The third-order valence-corrected chi connectivity index (χ3v) is 12.0. The first-order valence-electron chi connectivity index (χ1n) is 17.5. The lowest BCUT2D eigenvalue weighted by Gasteiger charge is -2.49. The van der Waals surface area contributed by atoms with Crippen LogP contribution in [0.3, 0.4) is 0 Å². The maximum atomic E-state index is 14.6. The van der Waals surface area contributed by atoms with E-state index in [1.165, 1.54) is 29.2 Å². The molecule has 10 nitrogen and oxygen atoms in total. The van der Waals surface area contributed by atoms with E-state index in [1.807, 2.05) is 49.3 Å². The molecular weight excluding hydrogens is 732 g/mol. The van der Waals surface area contributed by atoms with Crippen molar-refractivity contribution >= 4 is 75.3 Å². The molecule has 8 rings (SSSR count). The number of anilines is 3. The van der Waals surface area contributed by atoms with Gasteiger partial charge in [-0.15, -0.1) is 0 Å². The summed E-state index contributed by atoms with van der Waals surface area (Å²) < 4.78 is 14.2. The van der Waals surface area contributed by atoms with Gasteiger partial charge in [-0.2, -0.15) is 10.2 Å². The Morgan fingerprint density at radius 1 is 0.796 bits per heavy atom. The molecule has 274 valence electrons. The number of carbonyl (C=O) groups excluding carboxylic acids is 4. The number of azo groups is 1. The highest BCUT2D eigenvalue weighted by Gasteiger charge is 2.68. The molecule has 2 aliphatic heterocycles. The molecule has 0 radical (unpaired) electrons. The summed E-state index contributed by atoms with van der Waals surface area (Å²) in [5.74, 6) is -6.67. The van der Waals surface area contributed by atoms with Crippen LogP contribution in [0.5, 0.6) is 5.75 Å². The molecule has 4 amide bonds. The van der Waals surface area contributed by atoms with E-state index in [2.05, 4.69) is 10.2 Å². The van der Waals surface area contributed by atoms with Crippen LogP contribution >= 0.6 is 23.2 Å². The van der Waals surface area contributed by atoms with Crippen LogP contribution in [-0.4, -0.2) is 42.8 Å². The normalized spacial score (nSPS) is 26.3. The van der Waals surface area contributed by atoms with E-state index in [9.17, 15) is 28.7 Å². The number of benzene rings is 4. The van der Waals surface area contributed by atoms with Gasteiger partial charge >= 0.3 is 0 Å². The van der Waals surface area contributed by atoms with Gasteiger partial charge in [-0.3, -0.25) is 24.1 Å². The van der Waals surface area contributed by atoms with Crippen molar-refractivity contribution in [1.82, 2.24) is 0 Å². The SMILES string of the molecule is CN(C)c1ccc(/N=N/c2ccc(N3C(=O)[C@H]4[C@H](CC=C5[C@H]4C[C@H]4C(=O)N(c6ccc(F)c(Cl)c6)C(=O)[C@@]4(C)[C@H]5c4cc(Cl)ccc4O)C3=O)cc2)cc1. The second-order valence-corrected chi connectivity index (χ2v) is 15.4. The Bertz CT molecular complexity index is 2310. The molecule has 1 saturated carbocycles. The first-order valence-corrected chi connectivity index (χ1v) is 18.2. The Balaban J connectivity index is 1.14. The van der Waals surface area contributed by atoms with Crippen molar-refractivity contribution in [2.45, 2.75) is 25.7 Å². The minimum absolute atomic E-state index is 0.0963. The summed E-state index contributed by atoms with van der Waals surface area (Å²) in [7, 11) is 3.90. The van der Waals surface area contributed by atoms with E-state index in [4.69, 9.17) is 23.2 Å². The van der Waals surface area contributed by atoms with Gasteiger partial charge in [-0.05, 0) is 111 Å². The predicted molar refractivity (Wildman–Crippen MR) is 203 cm³/mol. The summed E-state index contributed by atoms with van der Waals surface area (Å²) >= 11 is 12.5. The molecular formula is C41H34Cl2FN5O5. The number of halogens is 3. The highest BCUT2D eigenvalue weighted by molar-refractivity contribution is 6.32. The second kappa shape index (κ2) is 13.2. The van der Waals surface area contributed by atoms with Crippen LogP contribution in [0.1, 0.15) is 31.2 Å². The van der Waals surface area contributed by atoms with E-state index < -0.39 is 58.5 Å². The average Bonchev–Trinajstić information content (AvgIpc) is 3.52. The topological polar surface area (TPSA) is 123 Å². The van der Waals surface area contributed by atoms with Crippen molar-refractivity contribution in [2.75, 3.05) is 28.8 Å².